The third-order valence-electron chi connectivity index (χ3n) is 2.75. The standard InChI is InChI=1S/C19H25BrO5/c1-12(16(21)24-18(2,3)4)15(13-8-10-14(20)11-9-13)23-17(22)25-19(5,6)7/h8-11,15H,1H2,2-7H3. The first-order valence-corrected chi connectivity index (χ1v) is 8.65. The number of ether oxygens (including phenoxy) is 3. The molecule has 0 aromatic heterocycles. The minimum absolute atomic E-state index is 0.0168. The summed E-state index contributed by atoms with van der Waals surface area (Å²) in [6, 6.07) is 7.02. The van der Waals surface area contributed by atoms with Crippen molar-refractivity contribution in [1.82, 2.24) is 0 Å². The molecule has 0 aliphatic rings. The molecule has 0 aliphatic carbocycles. The van der Waals surface area contributed by atoms with E-state index in [1.807, 2.05) is 0 Å². The molecule has 1 aromatic carbocycles. The van der Waals surface area contributed by atoms with E-state index in [-0.39, 0.29) is 5.57 Å². The van der Waals surface area contributed by atoms with Crippen LogP contribution in [0.15, 0.2) is 40.9 Å². The van der Waals surface area contributed by atoms with Gasteiger partial charge in [0.2, 0.25) is 0 Å². The van der Waals surface area contributed by atoms with Gasteiger partial charge in [-0.25, -0.2) is 9.59 Å². The van der Waals surface area contributed by atoms with Crippen LogP contribution < -0.4 is 0 Å². The molecule has 1 rings (SSSR count). The molecule has 1 atom stereocenters. The first kappa shape index (κ1) is 21.2. The maximum atomic E-state index is 12.3. The van der Waals surface area contributed by atoms with Crippen LogP contribution in [0, 0.1) is 0 Å². The van der Waals surface area contributed by atoms with Crippen LogP contribution in [0.25, 0.3) is 0 Å². The van der Waals surface area contributed by atoms with Gasteiger partial charge in [0.25, 0.3) is 0 Å². The lowest BCUT2D eigenvalue weighted by atomic mass is 10.0. The molecular formula is C19H25BrO5. The molecule has 0 radical (unpaired) electrons. The second-order valence-corrected chi connectivity index (χ2v) is 8.46. The number of halogens is 1. The van der Waals surface area contributed by atoms with Gasteiger partial charge in [0, 0.05) is 4.47 Å². The van der Waals surface area contributed by atoms with Crippen molar-refractivity contribution in [3.8, 4) is 0 Å². The third kappa shape index (κ3) is 7.73. The summed E-state index contributed by atoms with van der Waals surface area (Å²) in [5.74, 6) is -0.635. The van der Waals surface area contributed by atoms with Crippen LogP contribution in [0.3, 0.4) is 0 Å². The molecule has 0 aliphatic heterocycles. The molecule has 0 fully saturated rings. The third-order valence-corrected chi connectivity index (χ3v) is 3.28. The first-order chi connectivity index (χ1) is 11.3. The maximum absolute atomic E-state index is 12.3. The van der Waals surface area contributed by atoms with Crippen molar-refractivity contribution < 1.29 is 23.8 Å². The average Bonchev–Trinajstić information content (AvgIpc) is 2.41. The van der Waals surface area contributed by atoms with Crippen LogP contribution in [0.4, 0.5) is 4.79 Å². The highest BCUT2D eigenvalue weighted by atomic mass is 79.9. The Hall–Kier alpha value is -1.82. The van der Waals surface area contributed by atoms with Gasteiger partial charge in [-0.1, -0.05) is 34.6 Å². The molecule has 5 nitrogen and oxygen atoms in total. The van der Waals surface area contributed by atoms with Crippen LogP contribution in [0.5, 0.6) is 0 Å². The lowest BCUT2D eigenvalue weighted by Gasteiger charge is -2.25. The van der Waals surface area contributed by atoms with Gasteiger partial charge in [-0.3, -0.25) is 0 Å². The van der Waals surface area contributed by atoms with Crippen LogP contribution in [0.2, 0.25) is 0 Å². The Labute approximate surface area is 157 Å². The van der Waals surface area contributed by atoms with Gasteiger partial charge in [-0.05, 0) is 59.2 Å². The molecular weight excluding hydrogens is 388 g/mol. The molecule has 138 valence electrons. The zero-order chi connectivity index (χ0) is 19.4. The Morgan fingerprint density at radius 2 is 1.44 bits per heavy atom. The molecule has 0 spiro atoms. The average molecular weight is 413 g/mol. The van der Waals surface area contributed by atoms with Crippen LogP contribution >= 0.6 is 15.9 Å². The Morgan fingerprint density at radius 1 is 0.960 bits per heavy atom. The number of carbonyl (C=O) groups excluding carboxylic acids is 2. The van der Waals surface area contributed by atoms with Crippen molar-refractivity contribution in [3.05, 3.63) is 46.5 Å². The Bertz CT molecular complexity index is 635. The number of esters is 1. The molecule has 6 heteroatoms. The van der Waals surface area contributed by atoms with Crippen molar-refractivity contribution in [3.63, 3.8) is 0 Å². The Morgan fingerprint density at radius 3 is 1.88 bits per heavy atom. The number of benzene rings is 1. The predicted octanol–water partition coefficient (Wildman–Crippen LogP) is 5.34. The van der Waals surface area contributed by atoms with E-state index < -0.39 is 29.4 Å². The van der Waals surface area contributed by atoms with E-state index in [1.165, 1.54) is 0 Å². The molecule has 0 saturated heterocycles. The monoisotopic (exact) mass is 412 g/mol. The van der Waals surface area contributed by atoms with E-state index in [4.69, 9.17) is 14.2 Å². The van der Waals surface area contributed by atoms with Gasteiger partial charge >= 0.3 is 12.1 Å². The first-order valence-electron chi connectivity index (χ1n) is 7.86. The lowest BCUT2D eigenvalue weighted by Crippen LogP contribution is -2.29. The van der Waals surface area contributed by atoms with E-state index in [9.17, 15) is 9.59 Å². The summed E-state index contributed by atoms with van der Waals surface area (Å²) in [4.78, 5) is 24.4. The number of carbonyl (C=O) groups is 2. The molecule has 1 aromatic rings. The van der Waals surface area contributed by atoms with Crippen molar-refractivity contribution in [2.45, 2.75) is 58.8 Å². The van der Waals surface area contributed by atoms with Crippen LogP contribution in [-0.2, 0) is 19.0 Å². The summed E-state index contributed by atoms with van der Waals surface area (Å²) in [5, 5.41) is 0. The van der Waals surface area contributed by atoms with Crippen molar-refractivity contribution >= 4 is 28.1 Å². The molecule has 0 bridgehead atoms. The summed E-state index contributed by atoms with van der Waals surface area (Å²) in [6.45, 7) is 14.2. The summed E-state index contributed by atoms with van der Waals surface area (Å²) in [7, 11) is 0. The highest BCUT2D eigenvalue weighted by Crippen LogP contribution is 2.29. The zero-order valence-electron chi connectivity index (χ0n) is 15.5. The van der Waals surface area contributed by atoms with E-state index in [0.29, 0.717) is 5.56 Å². The zero-order valence-corrected chi connectivity index (χ0v) is 17.1. The fourth-order valence-electron chi connectivity index (χ4n) is 1.80. The topological polar surface area (TPSA) is 61.8 Å². The molecule has 25 heavy (non-hydrogen) atoms. The molecule has 0 amide bonds. The van der Waals surface area contributed by atoms with Gasteiger partial charge in [0.05, 0.1) is 5.57 Å². The lowest BCUT2D eigenvalue weighted by molar-refractivity contribution is -0.151. The Kier molecular flexibility index (Phi) is 6.82. The highest BCUT2D eigenvalue weighted by Gasteiger charge is 2.30. The maximum Gasteiger partial charge on any atom is 0.509 e. The fraction of sp³-hybridized carbons (Fsp3) is 0.474. The summed E-state index contributed by atoms with van der Waals surface area (Å²) < 4.78 is 16.7. The SMILES string of the molecule is C=C(C(=O)OC(C)(C)C)C(OC(=O)OC(C)(C)C)c1ccc(Br)cc1. The minimum atomic E-state index is -1.00. The van der Waals surface area contributed by atoms with Crippen molar-refractivity contribution in [2.24, 2.45) is 0 Å². The van der Waals surface area contributed by atoms with E-state index in [1.54, 1.807) is 65.8 Å². The second-order valence-electron chi connectivity index (χ2n) is 7.54. The van der Waals surface area contributed by atoms with Gasteiger partial charge in [-0.2, -0.15) is 0 Å². The fourth-order valence-corrected chi connectivity index (χ4v) is 2.06. The van der Waals surface area contributed by atoms with Gasteiger partial charge in [0.1, 0.15) is 11.2 Å². The summed E-state index contributed by atoms with van der Waals surface area (Å²) >= 11 is 3.34. The molecule has 0 heterocycles. The van der Waals surface area contributed by atoms with Crippen LogP contribution in [-0.4, -0.2) is 23.3 Å². The predicted molar refractivity (Wildman–Crippen MR) is 99.2 cm³/mol. The van der Waals surface area contributed by atoms with Gasteiger partial charge < -0.3 is 14.2 Å². The molecule has 0 saturated carbocycles. The summed E-state index contributed by atoms with van der Waals surface area (Å²) in [5.41, 5.74) is -0.793. The minimum Gasteiger partial charge on any atom is -0.457 e. The molecule has 1 unspecified atom stereocenters. The molecule has 0 N–H and O–H groups in total. The van der Waals surface area contributed by atoms with Gasteiger partial charge in [0.15, 0.2) is 6.10 Å². The van der Waals surface area contributed by atoms with E-state index in [2.05, 4.69) is 22.5 Å². The number of rotatable bonds is 4. The van der Waals surface area contributed by atoms with Crippen molar-refractivity contribution in [2.75, 3.05) is 0 Å². The van der Waals surface area contributed by atoms with E-state index >= 15 is 0 Å². The highest BCUT2D eigenvalue weighted by molar-refractivity contribution is 9.10. The largest absolute Gasteiger partial charge is 0.509 e. The Balaban J connectivity index is 3.06. The smallest absolute Gasteiger partial charge is 0.457 e. The van der Waals surface area contributed by atoms with Crippen molar-refractivity contribution in [1.29, 1.82) is 0 Å². The number of hydrogen-bond acceptors (Lipinski definition) is 5. The van der Waals surface area contributed by atoms with E-state index in [0.717, 1.165) is 4.47 Å². The summed E-state index contributed by atoms with van der Waals surface area (Å²) in [6.07, 6.45) is -1.89. The van der Waals surface area contributed by atoms with Gasteiger partial charge in [-0.15, -0.1) is 0 Å². The normalized spacial score (nSPS) is 12.9. The quantitative estimate of drug-likeness (QED) is 0.493. The second kappa shape index (κ2) is 8.04. The van der Waals surface area contributed by atoms with Crippen LogP contribution in [0.1, 0.15) is 53.2 Å². The number of hydrogen-bond donors (Lipinski definition) is 0.